The largest absolute Gasteiger partial charge is 0.469 e. The number of terminal acetylenes is 1. The van der Waals surface area contributed by atoms with Crippen molar-refractivity contribution in [3.8, 4) is 12.3 Å². The van der Waals surface area contributed by atoms with E-state index in [1.807, 2.05) is 11.8 Å². The van der Waals surface area contributed by atoms with Crippen LogP contribution in [0, 0.1) is 17.8 Å². The van der Waals surface area contributed by atoms with Gasteiger partial charge in [-0.05, 0) is 24.0 Å². The zero-order valence-electron chi connectivity index (χ0n) is 8.54. The third-order valence-corrected chi connectivity index (χ3v) is 3.81. The number of methoxy groups -OCH3 is 1. The molecule has 0 aliphatic heterocycles. The maximum Gasteiger partial charge on any atom is 0.306 e. The second-order valence-electron chi connectivity index (χ2n) is 3.76. The predicted octanol–water partition coefficient (Wildman–Crippen LogP) is 2.09. The summed E-state index contributed by atoms with van der Waals surface area (Å²) < 4.78 is 4.67. The number of hydrogen-bond donors (Lipinski definition) is 0. The van der Waals surface area contributed by atoms with Crippen LogP contribution in [0.15, 0.2) is 0 Å². The zero-order valence-corrected chi connectivity index (χ0v) is 9.36. The number of esters is 1. The van der Waals surface area contributed by atoms with E-state index < -0.39 is 0 Å². The smallest absolute Gasteiger partial charge is 0.306 e. The minimum atomic E-state index is -0.0833. The Hall–Kier alpha value is -0.620. The third kappa shape index (κ3) is 3.63. The molecule has 78 valence electrons. The topological polar surface area (TPSA) is 26.3 Å². The number of thioether (sulfide) groups is 1. The highest BCUT2D eigenvalue weighted by atomic mass is 32.2. The maximum atomic E-state index is 11.1. The van der Waals surface area contributed by atoms with Gasteiger partial charge in [-0.1, -0.05) is 0 Å². The van der Waals surface area contributed by atoms with E-state index in [0.29, 0.717) is 6.42 Å². The van der Waals surface area contributed by atoms with Crippen LogP contribution in [0.25, 0.3) is 0 Å². The highest BCUT2D eigenvalue weighted by Crippen LogP contribution is 2.51. The Kier molecular flexibility index (Phi) is 4.34. The predicted molar refractivity (Wildman–Crippen MR) is 59.1 cm³/mol. The van der Waals surface area contributed by atoms with Crippen molar-refractivity contribution < 1.29 is 9.53 Å². The molecule has 0 aromatic carbocycles. The SMILES string of the molecule is C#CCCSCC1(CC(=O)OC)CC1. The van der Waals surface area contributed by atoms with Gasteiger partial charge in [-0.3, -0.25) is 4.79 Å². The molecule has 0 amide bonds. The van der Waals surface area contributed by atoms with Crippen molar-refractivity contribution in [3.05, 3.63) is 0 Å². The number of rotatable bonds is 6. The Balaban J connectivity index is 2.16. The van der Waals surface area contributed by atoms with Gasteiger partial charge >= 0.3 is 5.97 Å². The second-order valence-corrected chi connectivity index (χ2v) is 4.86. The van der Waals surface area contributed by atoms with Crippen LogP contribution in [0.3, 0.4) is 0 Å². The van der Waals surface area contributed by atoms with Crippen molar-refractivity contribution >= 4 is 17.7 Å². The van der Waals surface area contributed by atoms with Gasteiger partial charge < -0.3 is 4.74 Å². The fourth-order valence-electron chi connectivity index (χ4n) is 1.35. The summed E-state index contributed by atoms with van der Waals surface area (Å²) in [5, 5.41) is 0. The lowest BCUT2D eigenvalue weighted by molar-refractivity contribution is -0.141. The second kappa shape index (κ2) is 5.31. The van der Waals surface area contributed by atoms with E-state index in [4.69, 9.17) is 6.42 Å². The van der Waals surface area contributed by atoms with Crippen molar-refractivity contribution in [2.45, 2.75) is 25.7 Å². The minimum absolute atomic E-state index is 0.0833. The van der Waals surface area contributed by atoms with E-state index in [2.05, 4.69) is 10.7 Å². The molecule has 2 nitrogen and oxygen atoms in total. The third-order valence-electron chi connectivity index (χ3n) is 2.50. The number of ether oxygens (including phenoxy) is 1. The van der Waals surface area contributed by atoms with E-state index >= 15 is 0 Å². The Morgan fingerprint density at radius 3 is 2.86 bits per heavy atom. The van der Waals surface area contributed by atoms with Gasteiger partial charge in [-0.2, -0.15) is 11.8 Å². The van der Waals surface area contributed by atoms with Crippen molar-refractivity contribution in [2.24, 2.45) is 5.41 Å². The standard InChI is InChI=1S/C11H16O2S/c1-3-4-7-14-9-11(5-6-11)8-10(12)13-2/h1H,4-9H2,2H3. The van der Waals surface area contributed by atoms with Gasteiger partial charge in [-0.25, -0.2) is 0 Å². The molecule has 0 radical (unpaired) electrons. The van der Waals surface area contributed by atoms with Crippen LogP contribution in [-0.2, 0) is 9.53 Å². The van der Waals surface area contributed by atoms with E-state index in [9.17, 15) is 4.79 Å². The molecule has 1 saturated carbocycles. The summed E-state index contributed by atoms with van der Waals surface area (Å²) in [7, 11) is 1.45. The summed E-state index contributed by atoms with van der Waals surface area (Å²) in [5.74, 6) is 4.58. The van der Waals surface area contributed by atoms with Crippen LogP contribution in [0.4, 0.5) is 0 Å². The van der Waals surface area contributed by atoms with Gasteiger partial charge in [-0.15, -0.1) is 12.3 Å². The molecule has 1 aliphatic carbocycles. The summed E-state index contributed by atoms with van der Waals surface area (Å²) in [4.78, 5) is 11.1. The summed E-state index contributed by atoms with van der Waals surface area (Å²) in [6.45, 7) is 0. The van der Waals surface area contributed by atoms with Crippen molar-refractivity contribution in [1.29, 1.82) is 0 Å². The van der Waals surface area contributed by atoms with Crippen LogP contribution in [-0.4, -0.2) is 24.6 Å². The number of carbonyl (C=O) groups is 1. The van der Waals surface area contributed by atoms with Crippen LogP contribution in [0.2, 0.25) is 0 Å². The number of carbonyl (C=O) groups excluding carboxylic acids is 1. The minimum Gasteiger partial charge on any atom is -0.469 e. The van der Waals surface area contributed by atoms with Crippen LogP contribution >= 0.6 is 11.8 Å². The normalized spacial score (nSPS) is 17.1. The van der Waals surface area contributed by atoms with E-state index in [1.54, 1.807) is 0 Å². The molecule has 1 fully saturated rings. The van der Waals surface area contributed by atoms with E-state index in [1.165, 1.54) is 7.11 Å². The molecule has 0 bridgehead atoms. The first-order chi connectivity index (χ1) is 6.72. The molecule has 1 rings (SSSR count). The average Bonchev–Trinajstić information content (AvgIpc) is 2.93. The average molecular weight is 212 g/mol. The maximum absolute atomic E-state index is 11.1. The first-order valence-corrected chi connectivity index (χ1v) is 5.96. The Labute approximate surface area is 89.8 Å². The highest BCUT2D eigenvalue weighted by Gasteiger charge is 2.44. The molecule has 1 aliphatic rings. The van der Waals surface area contributed by atoms with Gasteiger partial charge in [0.2, 0.25) is 0 Å². The fourth-order valence-corrected chi connectivity index (χ4v) is 2.58. The molecule has 0 aromatic heterocycles. The van der Waals surface area contributed by atoms with E-state index in [-0.39, 0.29) is 11.4 Å². The quantitative estimate of drug-likeness (QED) is 0.383. The van der Waals surface area contributed by atoms with Crippen LogP contribution in [0.1, 0.15) is 25.7 Å². The first-order valence-electron chi connectivity index (χ1n) is 4.80. The summed E-state index contributed by atoms with van der Waals surface area (Å²) in [6, 6.07) is 0. The lowest BCUT2D eigenvalue weighted by Crippen LogP contribution is -2.13. The molecule has 0 spiro atoms. The Morgan fingerprint density at radius 1 is 1.64 bits per heavy atom. The lowest BCUT2D eigenvalue weighted by Gasteiger charge is -2.12. The van der Waals surface area contributed by atoms with Crippen molar-refractivity contribution in [1.82, 2.24) is 0 Å². The van der Waals surface area contributed by atoms with Gasteiger partial charge in [0.15, 0.2) is 0 Å². The molecular weight excluding hydrogens is 196 g/mol. The molecule has 0 saturated heterocycles. The lowest BCUT2D eigenvalue weighted by atomic mass is 10.1. The van der Waals surface area contributed by atoms with Gasteiger partial charge in [0.1, 0.15) is 0 Å². The van der Waals surface area contributed by atoms with Gasteiger partial charge in [0.05, 0.1) is 13.5 Å². The summed E-state index contributed by atoms with van der Waals surface area (Å²) in [5.41, 5.74) is 0.242. The fraction of sp³-hybridized carbons (Fsp3) is 0.727. The van der Waals surface area contributed by atoms with Gasteiger partial charge in [0, 0.05) is 12.2 Å². The van der Waals surface area contributed by atoms with Crippen LogP contribution in [0.5, 0.6) is 0 Å². The van der Waals surface area contributed by atoms with Crippen molar-refractivity contribution in [3.63, 3.8) is 0 Å². The Morgan fingerprint density at radius 2 is 2.36 bits per heavy atom. The van der Waals surface area contributed by atoms with E-state index in [0.717, 1.165) is 30.8 Å². The van der Waals surface area contributed by atoms with Gasteiger partial charge in [0.25, 0.3) is 0 Å². The zero-order chi connectivity index (χ0) is 10.4. The molecule has 3 heteroatoms. The van der Waals surface area contributed by atoms with Crippen LogP contribution < -0.4 is 0 Å². The molecule has 0 atom stereocenters. The molecule has 0 N–H and O–H groups in total. The summed E-state index contributed by atoms with van der Waals surface area (Å²) in [6.07, 6.45) is 8.87. The molecule has 0 aromatic rings. The number of hydrogen-bond acceptors (Lipinski definition) is 3. The monoisotopic (exact) mass is 212 g/mol. The summed E-state index contributed by atoms with van der Waals surface area (Å²) >= 11 is 1.85. The van der Waals surface area contributed by atoms with Crippen molar-refractivity contribution in [2.75, 3.05) is 18.6 Å². The molecule has 0 unspecified atom stereocenters. The Bertz CT molecular complexity index is 238. The highest BCUT2D eigenvalue weighted by molar-refractivity contribution is 7.99. The molecule has 0 heterocycles. The first kappa shape index (κ1) is 11.5. The molecular formula is C11H16O2S. The molecule has 14 heavy (non-hydrogen) atoms.